The molecule has 0 saturated carbocycles. The summed E-state index contributed by atoms with van der Waals surface area (Å²) < 4.78 is 22.1. The number of nitrogens with zero attached hydrogens (tertiary/aromatic N) is 4. The number of aliphatic hydroxyl groups is 2. The molecular formula is C10H14N5O8P. The fourth-order valence-corrected chi connectivity index (χ4v) is 2.72. The van der Waals surface area contributed by atoms with Crippen molar-refractivity contribution in [1.82, 2.24) is 19.3 Å². The van der Waals surface area contributed by atoms with E-state index in [9.17, 15) is 20.0 Å². The number of hydrogen-bond acceptors (Lipinski definition) is 9. The van der Waals surface area contributed by atoms with Gasteiger partial charge in [-0.25, -0.2) is 14.5 Å². The second kappa shape index (κ2) is 5.89. The van der Waals surface area contributed by atoms with Crippen molar-refractivity contribution >= 4 is 19.0 Å². The Morgan fingerprint density at radius 2 is 2.00 bits per heavy atom. The van der Waals surface area contributed by atoms with Gasteiger partial charge >= 0.3 is 7.82 Å². The van der Waals surface area contributed by atoms with E-state index in [-0.39, 0.29) is 16.7 Å². The van der Waals surface area contributed by atoms with Crippen LogP contribution >= 0.6 is 7.82 Å². The Hall–Kier alpha value is -1.86. The van der Waals surface area contributed by atoms with E-state index in [0.717, 1.165) is 6.33 Å². The highest BCUT2D eigenvalue weighted by molar-refractivity contribution is 7.46. The van der Waals surface area contributed by atoms with Gasteiger partial charge in [0.2, 0.25) is 0 Å². The van der Waals surface area contributed by atoms with Gasteiger partial charge in [0.25, 0.3) is 0 Å². The lowest BCUT2D eigenvalue weighted by Crippen LogP contribution is -2.33. The van der Waals surface area contributed by atoms with Crippen LogP contribution < -0.4 is 5.49 Å². The lowest BCUT2D eigenvalue weighted by molar-refractivity contribution is -0.0504. The SMILES string of the molecule is N=c1c2ncn([C@@H]3O[C@H](COP(=O)(O)O)[C@@H](O)C3O)c2ncn1O. The van der Waals surface area contributed by atoms with E-state index in [1.54, 1.807) is 0 Å². The molecule has 1 aliphatic heterocycles. The largest absolute Gasteiger partial charge is 0.469 e. The van der Waals surface area contributed by atoms with Crippen molar-refractivity contribution in [3.05, 3.63) is 18.1 Å². The number of hydrogen-bond donors (Lipinski definition) is 6. The minimum Gasteiger partial charge on any atom is -0.425 e. The summed E-state index contributed by atoms with van der Waals surface area (Å²) in [5.74, 6) is 0. The Kier molecular flexibility index (Phi) is 4.17. The molecule has 132 valence electrons. The van der Waals surface area contributed by atoms with E-state index in [2.05, 4.69) is 14.5 Å². The molecule has 3 rings (SSSR count). The van der Waals surface area contributed by atoms with Gasteiger partial charge in [-0.15, -0.1) is 0 Å². The van der Waals surface area contributed by atoms with E-state index in [0.29, 0.717) is 4.73 Å². The molecule has 0 aromatic carbocycles. The molecule has 1 fully saturated rings. The maximum Gasteiger partial charge on any atom is 0.469 e. The standard InChI is InChI=1S/C10H14N5O8P/c11-8-5-9(13-3-15(8)18)14(2-12-5)10-7(17)6(16)4(23-10)1-22-24(19,20)21/h2-4,6-7,10-11,16-18H,1H2,(H2,19,20,21)/t4-,6-,7?,10-/m1/s1. The normalized spacial score (nSPS) is 27.8. The average molecular weight is 363 g/mol. The summed E-state index contributed by atoms with van der Waals surface area (Å²) in [5.41, 5.74) is -0.202. The molecule has 1 aliphatic rings. The molecule has 13 nitrogen and oxygen atoms in total. The van der Waals surface area contributed by atoms with Gasteiger partial charge in [-0.05, 0) is 0 Å². The zero-order valence-electron chi connectivity index (χ0n) is 11.9. The highest BCUT2D eigenvalue weighted by Gasteiger charge is 2.45. The number of phosphoric ester groups is 1. The van der Waals surface area contributed by atoms with Crippen LogP contribution in [0.15, 0.2) is 12.7 Å². The van der Waals surface area contributed by atoms with Crippen LogP contribution in [0.2, 0.25) is 0 Å². The van der Waals surface area contributed by atoms with Crippen molar-refractivity contribution < 1.29 is 39.0 Å². The summed E-state index contributed by atoms with van der Waals surface area (Å²) in [6, 6.07) is 0. The number of aliphatic hydroxyl groups excluding tert-OH is 2. The number of fused-ring (bicyclic) bond motifs is 1. The van der Waals surface area contributed by atoms with Crippen LogP contribution in [0.5, 0.6) is 0 Å². The van der Waals surface area contributed by atoms with Crippen LogP contribution in [-0.2, 0) is 13.8 Å². The van der Waals surface area contributed by atoms with E-state index in [1.165, 1.54) is 10.9 Å². The quantitative estimate of drug-likeness (QED) is 0.253. The van der Waals surface area contributed by atoms with E-state index < -0.39 is 39.0 Å². The average Bonchev–Trinajstić information content (AvgIpc) is 3.04. The van der Waals surface area contributed by atoms with Crippen LogP contribution in [0.3, 0.4) is 0 Å². The third-order valence-corrected chi connectivity index (χ3v) is 4.01. The number of nitrogens with one attached hydrogen (secondary N) is 1. The monoisotopic (exact) mass is 363 g/mol. The minimum absolute atomic E-state index is 0.0280. The van der Waals surface area contributed by atoms with Crippen LogP contribution in [0, 0.1) is 5.41 Å². The van der Waals surface area contributed by atoms with Crippen molar-refractivity contribution in [2.75, 3.05) is 6.61 Å². The zero-order chi connectivity index (χ0) is 17.6. The zero-order valence-corrected chi connectivity index (χ0v) is 12.8. The Balaban J connectivity index is 1.89. The van der Waals surface area contributed by atoms with E-state index >= 15 is 0 Å². The minimum atomic E-state index is -4.76. The lowest BCUT2D eigenvalue weighted by atomic mass is 10.1. The molecule has 2 aromatic heterocycles. The summed E-state index contributed by atoms with van der Waals surface area (Å²) in [4.78, 5) is 25.2. The number of aromatic nitrogens is 4. The van der Waals surface area contributed by atoms with Crippen LogP contribution in [-0.4, -0.2) is 69.4 Å². The summed E-state index contributed by atoms with van der Waals surface area (Å²) in [6.45, 7) is -0.639. The molecule has 14 heteroatoms. The van der Waals surface area contributed by atoms with Crippen molar-refractivity contribution in [2.24, 2.45) is 0 Å². The topological polar surface area (TPSA) is 196 Å². The van der Waals surface area contributed by atoms with Gasteiger partial charge in [0, 0.05) is 0 Å². The molecule has 0 spiro atoms. The smallest absolute Gasteiger partial charge is 0.425 e. The van der Waals surface area contributed by atoms with E-state index in [4.69, 9.17) is 19.9 Å². The molecule has 1 saturated heterocycles. The third-order valence-electron chi connectivity index (χ3n) is 3.53. The molecule has 24 heavy (non-hydrogen) atoms. The van der Waals surface area contributed by atoms with Crippen LogP contribution in [0.4, 0.5) is 0 Å². The first-order valence-corrected chi connectivity index (χ1v) is 8.12. The lowest BCUT2D eigenvalue weighted by Gasteiger charge is -2.16. The number of phosphoric acid groups is 1. The molecule has 0 bridgehead atoms. The van der Waals surface area contributed by atoms with Gasteiger partial charge in [0.05, 0.1) is 12.9 Å². The molecule has 1 unspecified atom stereocenters. The van der Waals surface area contributed by atoms with E-state index in [1.807, 2.05) is 0 Å². The van der Waals surface area contributed by atoms with Crippen LogP contribution in [0.25, 0.3) is 11.2 Å². The first-order chi connectivity index (χ1) is 11.2. The van der Waals surface area contributed by atoms with Crippen LogP contribution in [0.1, 0.15) is 6.23 Å². The second-order valence-electron chi connectivity index (χ2n) is 5.09. The van der Waals surface area contributed by atoms with Gasteiger partial charge in [-0.1, -0.05) is 0 Å². The summed E-state index contributed by atoms with van der Waals surface area (Å²) in [6.07, 6.45) is -3.14. The molecule has 6 N–H and O–H groups in total. The van der Waals surface area contributed by atoms with Gasteiger partial charge in [-0.3, -0.25) is 14.5 Å². The maximum atomic E-state index is 10.7. The number of rotatable bonds is 4. The van der Waals surface area contributed by atoms with Gasteiger partial charge < -0.3 is 29.9 Å². The molecule has 2 aromatic rings. The summed E-state index contributed by atoms with van der Waals surface area (Å²) in [7, 11) is -4.76. The van der Waals surface area contributed by atoms with Crippen molar-refractivity contribution in [3.63, 3.8) is 0 Å². The van der Waals surface area contributed by atoms with Gasteiger partial charge in [0.1, 0.15) is 24.6 Å². The Morgan fingerprint density at radius 1 is 1.29 bits per heavy atom. The summed E-state index contributed by atoms with van der Waals surface area (Å²) >= 11 is 0. The molecule has 3 heterocycles. The molecule has 0 radical (unpaired) electrons. The van der Waals surface area contributed by atoms with Gasteiger partial charge in [-0.2, -0.15) is 4.73 Å². The first kappa shape index (κ1) is 17.0. The van der Waals surface area contributed by atoms with Crippen molar-refractivity contribution in [2.45, 2.75) is 24.5 Å². The predicted molar refractivity (Wildman–Crippen MR) is 72.5 cm³/mol. The van der Waals surface area contributed by atoms with Gasteiger partial charge in [0.15, 0.2) is 22.9 Å². The predicted octanol–water partition coefficient (Wildman–Crippen LogP) is -2.32. The first-order valence-electron chi connectivity index (χ1n) is 6.59. The highest BCUT2D eigenvalue weighted by atomic mass is 31.2. The maximum absolute atomic E-state index is 10.7. The summed E-state index contributed by atoms with van der Waals surface area (Å²) in [5, 5.41) is 37.1. The Morgan fingerprint density at radius 3 is 2.67 bits per heavy atom. The second-order valence-corrected chi connectivity index (χ2v) is 6.33. The Bertz CT molecular complexity index is 861. The number of ether oxygens (including phenoxy) is 1. The highest BCUT2D eigenvalue weighted by Crippen LogP contribution is 2.38. The van der Waals surface area contributed by atoms with Crippen molar-refractivity contribution in [1.29, 1.82) is 5.41 Å². The fourth-order valence-electron chi connectivity index (χ4n) is 2.38. The van der Waals surface area contributed by atoms with Crippen molar-refractivity contribution in [3.8, 4) is 0 Å². The number of imidazole rings is 1. The molecular weight excluding hydrogens is 349 g/mol. The fraction of sp³-hybridized carbons (Fsp3) is 0.500. The Labute approximate surface area is 133 Å². The molecule has 0 aliphatic carbocycles. The third kappa shape index (κ3) is 2.93. The molecule has 0 amide bonds. The molecule has 4 atom stereocenters.